The zero-order valence-electron chi connectivity index (χ0n) is 20.0. The minimum atomic E-state index is -0.782. The normalized spacial score (nSPS) is 17.9. The highest BCUT2D eigenvalue weighted by atomic mass is 19.1. The summed E-state index contributed by atoms with van der Waals surface area (Å²) >= 11 is 0. The topological polar surface area (TPSA) is 81.8 Å². The summed E-state index contributed by atoms with van der Waals surface area (Å²) in [4.78, 5) is 43.2. The number of halogens is 2. The fourth-order valence-electron chi connectivity index (χ4n) is 4.81. The second-order valence-electron chi connectivity index (χ2n) is 9.13. The largest absolute Gasteiger partial charge is 0.337 e. The lowest BCUT2D eigenvalue weighted by molar-refractivity contribution is -0.116. The average molecular weight is 505 g/mol. The molecule has 7 nitrogen and oxygen atoms in total. The molecule has 1 unspecified atom stereocenters. The lowest BCUT2D eigenvalue weighted by Gasteiger charge is -2.31. The highest BCUT2D eigenvalue weighted by Gasteiger charge is 2.35. The quantitative estimate of drug-likeness (QED) is 0.562. The number of hydrogen-bond donors (Lipinski definition) is 2. The van der Waals surface area contributed by atoms with E-state index in [-0.39, 0.29) is 23.8 Å². The van der Waals surface area contributed by atoms with Crippen molar-refractivity contribution in [1.82, 2.24) is 10.2 Å². The molecule has 3 amide bonds. The van der Waals surface area contributed by atoms with Crippen LogP contribution in [0.1, 0.15) is 45.2 Å². The van der Waals surface area contributed by atoms with Crippen LogP contribution in [-0.2, 0) is 4.79 Å². The Morgan fingerprint density at radius 3 is 2.41 bits per heavy atom. The second-order valence-corrected chi connectivity index (χ2v) is 9.13. The minimum absolute atomic E-state index is 0.102. The molecule has 0 aromatic heterocycles. The summed E-state index contributed by atoms with van der Waals surface area (Å²) in [6.45, 7) is 2.72. The maximum Gasteiger partial charge on any atom is 0.259 e. The van der Waals surface area contributed by atoms with Gasteiger partial charge in [-0.05, 0) is 67.1 Å². The molecule has 9 heteroatoms. The molecule has 2 N–H and O–H groups in total. The lowest BCUT2D eigenvalue weighted by Crippen LogP contribution is -2.35. The van der Waals surface area contributed by atoms with Crippen LogP contribution in [0, 0.1) is 11.6 Å². The predicted molar refractivity (Wildman–Crippen MR) is 135 cm³/mol. The van der Waals surface area contributed by atoms with Crippen molar-refractivity contribution >= 4 is 29.1 Å². The van der Waals surface area contributed by atoms with Crippen molar-refractivity contribution in [3.63, 3.8) is 0 Å². The van der Waals surface area contributed by atoms with Gasteiger partial charge in [-0.1, -0.05) is 18.2 Å². The van der Waals surface area contributed by atoms with Crippen LogP contribution < -0.4 is 15.5 Å². The van der Waals surface area contributed by atoms with Gasteiger partial charge in [-0.25, -0.2) is 8.78 Å². The molecule has 5 rings (SSSR count). The summed E-state index contributed by atoms with van der Waals surface area (Å²) in [5.41, 5.74) is 1.71. The molecule has 1 fully saturated rings. The molecule has 3 aromatic carbocycles. The smallest absolute Gasteiger partial charge is 0.259 e. The van der Waals surface area contributed by atoms with E-state index in [9.17, 15) is 23.2 Å². The maximum absolute atomic E-state index is 14.0. The first-order valence-electron chi connectivity index (χ1n) is 12.2. The first-order valence-corrected chi connectivity index (χ1v) is 12.2. The number of carbonyl (C=O) groups is 3. The number of rotatable bonds is 3. The number of hydrogen-bond acceptors (Lipinski definition) is 4. The van der Waals surface area contributed by atoms with Gasteiger partial charge in [-0.3, -0.25) is 19.3 Å². The Hall–Kier alpha value is -4.11. The Balaban J connectivity index is 1.59. The molecule has 2 aliphatic heterocycles. The van der Waals surface area contributed by atoms with Crippen molar-refractivity contribution in [3.8, 4) is 0 Å². The molecular weight excluding hydrogens is 478 g/mol. The maximum atomic E-state index is 14.0. The van der Waals surface area contributed by atoms with Crippen LogP contribution >= 0.6 is 0 Å². The summed E-state index contributed by atoms with van der Waals surface area (Å²) < 4.78 is 27.7. The zero-order chi connectivity index (χ0) is 25.9. The van der Waals surface area contributed by atoms with Crippen LogP contribution in [0.4, 0.5) is 20.2 Å². The van der Waals surface area contributed by atoms with Gasteiger partial charge < -0.3 is 15.5 Å². The number of carbonyl (C=O) groups excluding carboxylic acids is 3. The summed E-state index contributed by atoms with van der Waals surface area (Å²) in [6, 6.07) is 14.9. The van der Waals surface area contributed by atoms with Crippen LogP contribution in [0.25, 0.3) is 0 Å². The predicted octanol–water partition coefficient (Wildman–Crippen LogP) is 4.13. The average Bonchev–Trinajstić information content (AvgIpc) is 3.25. The van der Waals surface area contributed by atoms with Crippen LogP contribution in [0.15, 0.2) is 66.7 Å². The van der Waals surface area contributed by atoms with Crippen molar-refractivity contribution in [3.05, 3.63) is 95.1 Å². The number of benzene rings is 3. The Morgan fingerprint density at radius 2 is 1.62 bits per heavy atom. The molecule has 2 aliphatic rings. The monoisotopic (exact) mass is 504 g/mol. The Morgan fingerprint density at radius 1 is 0.838 bits per heavy atom. The van der Waals surface area contributed by atoms with E-state index < -0.39 is 23.6 Å². The van der Waals surface area contributed by atoms with E-state index in [2.05, 4.69) is 10.6 Å². The molecule has 1 saturated heterocycles. The van der Waals surface area contributed by atoms with Crippen molar-refractivity contribution < 1.29 is 23.2 Å². The molecule has 1 atom stereocenters. The van der Waals surface area contributed by atoms with Crippen LogP contribution in [0.5, 0.6) is 0 Å². The summed E-state index contributed by atoms with van der Waals surface area (Å²) in [6.07, 6.45) is 0.727. The van der Waals surface area contributed by atoms with E-state index in [1.54, 1.807) is 23.1 Å². The molecule has 37 heavy (non-hydrogen) atoms. The van der Waals surface area contributed by atoms with Gasteiger partial charge in [0.25, 0.3) is 11.8 Å². The molecule has 0 saturated carbocycles. The van der Waals surface area contributed by atoms with E-state index in [1.165, 1.54) is 47.4 Å². The van der Waals surface area contributed by atoms with Gasteiger partial charge in [0.2, 0.25) is 5.91 Å². The number of anilines is 2. The number of fused-ring (bicyclic) bond motifs is 1. The van der Waals surface area contributed by atoms with Crippen molar-refractivity contribution in [2.75, 3.05) is 36.4 Å². The summed E-state index contributed by atoms with van der Waals surface area (Å²) in [5.74, 6) is -2.07. The van der Waals surface area contributed by atoms with Gasteiger partial charge in [0.1, 0.15) is 11.6 Å². The second kappa shape index (κ2) is 10.5. The van der Waals surface area contributed by atoms with Gasteiger partial charge in [0, 0.05) is 30.8 Å². The summed E-state index contributed by atoms with van der Waals surface area (Å²) in [5, 5.41) is 6.09. The Bertz CT molecular complexity index is 1340. The summed E-state index contributed by atoms with van der Waals surface area (Å²) in [7, 11) is 0. The Kier molecular flexibility index (Phi) is 6.96. The Labute approximate surface area is 213 Å². The molecule has 0 radical (unpaired) electrons. The lowest BCUT2D eigenvalue weighted by atomic mass is 9.99. The highest BCUT2D eigenvalue weighted by molar-refractivity contribution is 6.12. The van der Waals surface area contributed by atoms with E-state index in [0.29, 0.717) is 42.1 Å². The SMILES string of the molecule is O=C1CC(c2ccc(F)cc2)N(C(=O)c2cccc(F)c2)c2ccc(C(=O)N3CCCNCC3)cc2N1. The van der Waals surface area contributed by atoms with Crippen LogP contribution in [0.2, 0.25) is 0 Å². The van der Waals surface area contributed by atoms with Gasteiger partial charge in [0.05, 0.1) is 23.8 Å². The highest BCUT2D eigenvalue weighted by Crippen LogP contribution is 2.40. The van der Waals surface area contributed by atoms with E-state index in [1.807, 2.05) is 0 Å². The first kappa shape index (κ1) is 24.6. The standard InChI is InChI=1S/C28H26F2N4O3/c29-21-8-5-18(6-9-21)25-17-26(35)32-23-16-20(27(36)33-13-2-11-31-12-14-33)7-10-24(23)34(25)28(37)19-3-1-4-22(30)15-19/h1,3-10,15-16,25,31H,2,11-14,17H2,(H,32,35). The molecule has 2 heterocycles. The fourth-order valence-corrected chi connectivity index (χ4v) is 4.81. The van der Waals surface area contributed by atoms with Gasteiger partial charge in [0.15, 0.2) is 0 Å². The molecule has 0 aliphatic carbocycles. The van der Waals surface area contributed by atoms with E-state index in [0.717, 1.165) is 19.0 Å². The number of amides is 3. The molecular formula is C28H26F2N4O3. The molecule has 3 aromatic rings. The minimum Gasteiger partial charge on any atom is -0.337 e. The van der Waals surface area contributed by atoms with Crippen molar-refractivity contribution in [2.24, 2.45) is 0 Å². The zero-order valence-corrected chi connectivity index (χ0v) is 20.0. The fraction of sp³-hybridized carbons (Fsp3) is 0.250. The third-order valence-electron chi connectivity index (χ3n) is 6.64. The third-order valence-corrected chi connectivity index (χ3v) is 6.64. The van der Waals surface area contributed by atoms with Crippen molar-refractivity contribution in [2.45, 2.75) is 18.9 Å². The van der Waals surface area contributed by atoms with Crippen molar-refractivity contribution in [1.29, 1.82) is 0 Å². The van der Waals surface area contributed by atoms with E-state index >= 15 is 0 Å². The number of nitrogens with zero attached hydrogens (tertiary/aromatic N) is 2. The molecule has 0 bridgehead atoms. The van der Waals surface area contributed by atoms with Gasteiger partial charge >= 0.3 is 0 Å². The van der Waals surface area contributed by atoms with E-state index in [4.69, 9.17) is 0 Å². The van der Waals surface area contributed by atoms with Crippen LogP contribution in [0.3, 0.4) is 0 Å². The van der Waals surface area contributed by atoms with Gasteiger partial charge in [-0.15, -0.1) is 0 Å². The molecule has 190 valence electrons. The third kappa shape index (κ3) is 5.22. The van der Waals surface area contributed by atoms with Crippen LogP contribution in [-0.4, -0.2) is 48.8 Å². The number of nitrogens with one attached hydrogen (secondary N) is 2. The first-order chi connectivity index (χ1) is 17.9. The van der Waals surface area contributed by atoms with Gasteiger partial charge in [-0.2, -0.15) is 0 Å². The molecule has 0 spiro atoms.